The SMILES string of the molecule is NC(=O)CN(CC(=O)O)c1ccc2ccccc2c1. The molecule has 5 nitrogen and oxygen atoms in total. The summed E-state index contributed by atoms with van der Waals surface area (Å²) in [6.07, 6.45) is 0. The molecule has 3 N–H and O–H groups in total. The summed E-state index contributed by atoms with van der Waals surface area (Å²) in [5, 5.41) is 10.9. The van der Waals surface area contributed by atoms with E-state index in [9.17, 15) is 9.59 Å². The molecule has 0 heterocycles. The van der Waals surface area contributed by atoms with E-state index in [2.05, 4.69) is 0 Å². The molecule has 0 aliphatic rings. The lowest BCUT2D eigenvalue weighted by atomic mass is 10.1. The van der Waals surface area contributed by atoms with E-state index >= 15 is 0 Å². The topological polar surface area (TPSA) is 83.6 Å². The van der Waals surface area contributed by atoms with E-state index in [0.717, 1.165) is 10.8 Å². The number of amides is 1. The van der Waals surface area contributed by atoms with E-state index in [0.29, 0.717) is 5.69 Å². The lowest BCUT2D eigenvalue weighted by Crippen LogP contribution is -2.37. The number of nitrogens with zero attached hydrogens (tertiary/aromatic N) is 1. The Morgan fingerprint density at radius 3 is 2.37 bits per heavy atom. The minimum Gasteiger partial charge on any atom is -0.480 e. The number of anilines is 1. The summed E-state index contributed by atoms with van der Waals surface area (Å²) in [6.45, 7) is -0.383. The van der Waals surface area contributed by atoms with Crippen molar-refractivity contribution in [1.82, 2.24) is 0 Å². The first-order chi connectivity index (χ1) is 9.06. The summed E-state index contributed by atoms with van der Waals surface area (Å²) in [5.41, 5.74) is 5.81. The number of carboxylic acid groups (broad SMARTS) is 1. The Balaban J connectivity index is 2.37. The molecule has 0 saturated carbocycles. The predicted octanol–water partition coefficient (Wildman–Crippen LogP) is 1.22. The molecular weight excluding hydrogens is 244 g/mol. The summed E-state index contributed by atoms with van der Waals surface area (Å²) in [5.74, 6) is -1.57. The normalized spacial score (nSPS) is 10.3. The quantitative estimate of drug-likeness (QED) is 0.844. The fourth-order valence-corrected chi connectivity index (χ4v) is 1.96. The summed E-state index contributed by atoms with van der Waals surface area (Å²) in [4.78, 5) is 23.3. The maximum absolute atomic E-state index is 11.0. The molecule has 0 aliphatic carbocycles. The van der Waals surface area contributed by atoms with Crippen LogP contribution in [0.25, 0.3) is 10.8 Å². The number of aliphatic carboxylic acids is 1. The first-order valence-electron chi connectivity index (χ1n) is 5.80. The van der Waals surface area contributed by atoms with Gasteiger partial charge in [0.1, 0.15) is 6.54 Å². The van der Waals surface area contributed by atoms with Gasteiger partial charge in [0.2, 0.25) is 5.91 Å². The second-order valence-corrected chi connectivity index (χ2v) is 4.25. The largest absolute Gasteiger partial charge is 0.480 e. The van der Waals surface area contributed by atoms with Gasteiger partial charge in [-0.25, -0.2) is 0 Å². The van der Waals surface area contributed by atoms with E-state index in [1.807, 2.05) is 36.4 Å². The van der Waals surface area contributed by atoms with Gasteiger partial charge in [-0.15, -0.1) is 0 Å². The monoisotopic (exact) mass is 258 g/mol. The molecule has 0 aliphatic heterocycles. The van der Waals surface area contributed by atoms with Gasteiger partial charge in [0.05, 0.1) is 6.54 Å². The molecule has 2 aromatic rings. The highest BCUT2D eigenvalue weighted by molar-refractivity contribution is 5.88. The summed E-state index contributed by atoms with van der Waals surface area (Å²) >= 11 is 0. The Hall–Kier alpha value is -2.56. The lowest BCUT2D eigenvalue weighted by Gasteiger charge is -2.21. The molecule has 98 valence electrons. The van der Waals surface area contributed by atoms with Gasteiger partial charge < -0.3 is 15.7 Å². The molecule has 5 heteroatoms. The highest BCUT2D eigenvalue weighted by atomic mass is 16.4. The average Bonchev–Trinajstić information content (AvgIpc) is 2.36. The third-order valence-corrected chi connectivity index (χ3v) is 2.77. The van der Waals surface area contributed by atoms with Gasteiger partial charge in [0.25, 0.3) is 0 Å². The van der Waals surface area contributed by atoms with Crippen LogP contribution >= 0.6 is 0 Å². The first kappa shape index (κ1) is 12.9. The molecule has 0 radical (unpaired) electrons. The highest BCUT2D eigenvalue weighted by Crippen LogP contribution is 2.21. The molecule has 1 amide bonds. The van der Waals surface area contributed by atoms with Gasteiger partial charge in [-0.1, -0.05) is 30.3 Å². The van der Waals surface area contributed by atoms with E-state index in [-0.39, 0.29) is 13.1 Å². The van der Waals surface area contributed by atoms with E-state index in [4.69, 9.17) is 10.8 Å². The van der Waals surface area contributed by atoms with Crippen molar-refractivity contribution in [2.24, 2.45) is 5.73 Å². The second kappa shape index (κ2) is 5.39. The summed E-state index contributed by atoms with van der Waals surface area (Å²) in [6, 6.07) is 13.3. The van der Waals surface area contributed by atoms with Crippen LogP contribution in [0.15, 0.2) is 42.5 Å². The van der Waals surface area contributed by atoms with Crippen LogP contribution in [-0.4, -0.2) is 30.1 Å². The Morgan fingerprint density at radius 2 is 1.74 bits per heavy atom. The third-order valence-electron chi connectivity index (χ3n) is 2.77. The highest BCUT2D eigenvalue weighted by Gasteiger charge is 2.13. The van der Waals surface area contributed by atoms with Gasteiger partial charge in [-0.3, -0.25) is 9.59 Å². The second-order valence-electron chi connectivity index (χ2n) is 4.25. The summed E-state index contributed by atoms with van der Waals surface area (Å²) in [7, 11) is 0. The van der Waals surface area contributed by atoms with Crippen LogP contribution in [0.4, 0.5) is 5.69 Å². The molecule has 0 unspecified atom stereocenters. The Bertz CT molecular complexity index is 609. The van der Waals surface area contributed by atoms with E-state index in [1.54, 1.807) is 6.07 Å². The van der Waals surface area contributed by atoms with Gasteiger partial charge in [0.15, 0.2) is 0 Å². The first-order valence-corrected chi connectivity index (χ1v) is 5.80. The van der Waals surface area contributed by atoms with Crippen LogP contribution in [0.3, 0.4) is 0 Å². The zero-order valence-corrected chi connectivity index (χ0v) is 10.2. The van der Waals surface area contributed by atoms with Crippen molar-refractivity contribution < 1.29 is 14.7 Å². The van der Waals surface area contributed by atoms with Crippen molar-refractivity contribution in [1.29, 1.82) is 0 Å². The number of carboxylic acids is 1. The Kier molecular flexibility index (Phi) is 3.66. The van der Waals surface area contributed by atoms with Gasteiger partial charge in [0, 0.05) is 5.69 Å². The molecule has 0 bridgehead atoms. The number of carbonyl (C=O) groups is 2. The van der Waals surface area contributed by atoms with Gasteiger partial charge in [-0.2, -0.15) is 0 Å². The fraction of sp³-hybridized carbons (Fsp3) is 0.143. The summed E-state index contributed by atoms with van der Waals surface area (Å²) < 4.78 is 0. The smallest absolute Gasteiger partial charge is 0.323 e. The van der Waals surface area contributed by atoms with Gasteiger partial charge >= 0.3 is 5.97 Å². The number of rotatable bonds is 5. The predicted molar refractivity (Wildman–Crippen MR) is 73.0 cm³/mol. The van der Waals surface area contributed by atoms with E-state index in [1.165, 1.54) is 4.90 Å². The number of carbonyl (C=O) groups excluding carboxylic acids is 1. The van der Waals surface area contributed by atoms with Crippen LogP contribution in [0.2, 0.25) is 0 Å². The molecule has 2 rings (SSSR count). The van der Waals surface area contributed by atoms with E-state index < -0.39 is 11.9 Å². The zero-order chi connectivity index (χ0) is 13.8. The van der Waals surface area contributed by atoms with Crippen LogP contribution in [-0.2, 0) is 9.59 Å². The van der Waals surface area contributed by atoms with Crippen LogP contribution in [0, 0.1) is 0 Å². The van der Waals surface area contributed by atoms with Crippen molar-refractivity contribution in [3.63, 3.8) is 0 Å². The number of fused-ring (bicyclic) bond motifs is 1. The van der Waals surface area contributed by atoms with Crippen molar-refractivity contribution >= 4 is 28.3 Å². The van der Waals surface area contributed by atoms with Crippen molar-refractivity contribution in [2.75, 3.05) is 18.0 Å². The standard InChI is InChI=1S/C14H14N2O3/c15-13(17)8-16(9-14(18)19)12-6-5-10-3-1-2-4-11(10)7-12/h1-7H,8-9H2,(H2,15,17)(H,18,19). The minimum absolute atomic E-state index is 0.120. The molecular formula is C14H14N2O3. The molecule has 0 aromatic heterocycles. The van der Waals surface area contributed by atoms with Crippen LogP contribution in [0.5, 0.6) is 0 Å². The number of nitrogens with two attached hydrogens (primary N) is 1. The number of primary amides is 1. The molecule has 2 aromatic carbocycles. The third kappa shape index (κ3) is 3.22. The fourth-order valence-electron chi connectivity index (χ4n) is 1.96. The van der Waals surface area contributed by atoms with Gasteiger partial charge in [-0.05, 0) is 22.9 Å². The van der Waals surface area contributed by atoms with Crippen molar-refractivity contribution in [2.45, 2.75) is 0 Å². The van der Waals surface area contributed by atoms with Crippen LogP contribution in [0.1, 0.15) is 0 Å². The van der Waals surface area contributed by atoms with Crippen molar-refractivity contribution in [3.05, 3.63) is 42.5 Å². The maximum Gasteiger partial charge on any atom is 0.323 e. The zero-order valence-electron chi connectivity index (χ0n) is 10.2. The molecule has 0 spiro atoms. The Morgan fingerprint density at radius 1 is 1.05 bits per heavy atom. The molecule has 0 saturated heterocycles. The maximum atomic E-state index is 11.0. The molecule has 0 fully saturated rings. The van der Waals surface area contributed by atoms with Crippen LogP contribution < -0.4 is 10.6 Å². The number of benzene rings is 2. The van der Waals surface area contributed by atoms with Crippen molar-refractivity contribution in [3.8, 4) is 0 Å². The number of hydrogen-bond acceptors (Lipinski definition) is 3. The molecule has 0 atom stereocenters. The minimum atomic E-state index is -1.01. The number of hydrogen-bond donors (Lipinski definition) is 2. The average molecular weight is 258 g/mol. The molecule has 19 heavy (non-hydrogen) atoms. The Labute approximate surface area is 110 Å². The lowest BCUT2D eigenvalue weighted by molar-refractivity contribution is -0.135.